The number of hydrogen-bond acceptors (Lipinski definition) is 2. The van der Waals surface area contributed by atoms with Gasteiger partial charge >= 0.3 is 0 Å². The predicted octanol–water partition coefficient (Wildman–Crippen LogP) is 2.06. The molecule has 1 unspecified atom stereocenters. The van der Waals surface area contributed by atoms with Crippen LogP contribution in [0.3, 0.4) is 0 Å². The summed E-state index contributed by atoms with van der Waals surface area (Å²) in [5.74, 6) is -0.0375. The summed E-state index contributed by atoms with van der Waals surface area (Å²) in [7, 11) is 1.98. The van der Waals surface area contributed by atoms with Crippen LogP contribution in [0.25, 0.3) is 0 Å². The topological polar surface area (TPSA) is 57.3 Å². The fourth-order valence-corrected chi connectivity index (χ4v) is 2.42. The normalized spacial score (nSPS) is 11.5. The summed E-state index contributed by atoms with van der Waals surface area (Å²) in [6.07, 6.45) is 0.377. The maximum atomic E-state index is 12.1. The van der Waals surface area contributed by atoms with Gasteiger partial charge in [0.15, 0.2) is 6.54 Å². The van der Waals surface area contributed by atoms with E-state index in [9.17, 15) is 4.79 Å². The van der Waals surface area contributed by atoms with Crippen LogP contribution in [-0.2, 0) is 17.8 Å². The van der Waals surface area contributed by atoms with Crippen LogP contribution >= 0.6 is 11.6 Å². The number of amides is 1. The fourth-order valence-electron chi connectivity index (χ4n) is 2.29. The Balaban J connectivity index is 1.83. The Kier molecular flexibility index (Phi) is 6.16. The van der Waals surface area contributed by atoms with Gasteiger partial charge in [-0.3, -0.25) is 4.79 Å². The standard InChI is InChI=1S/C18H18ClN3O/c1-22(12-15-2-6-16(19)7-3-15)13-18(23)21-17-8-4-14(5-9-17)10-11-20/h2-9H,10,12-13H2,1H3,(H,21,23)/p+1. The number of nitrogens with zero attached hydrogens (tertiary/aromatic N) is 1. The number of quaternary nitrogens is 1. The molecule has 0 saturated carbocycles. The van der Waals surface area contributed by atoms with E-state index in [2.05, 4.69) is 11.4 Å². The number of hydrogen-bond donors (Lipinski definition) is 2. The molecular weight excluding hydrogens is 310 g/mol. The Morgan fingerprint density at radius 1 is 1.13 bits per heavy atom. The van der Waals surface area contributed by atoms with Crippen LogP contribution < -0.4 is 10.2 Å². The van der Waals surface area contributed by atoms with Gasteiger partial charge in [-0.1, -0.05) is 35.9 Å². The quantitative estimate of drug-likeness (QED) is 0.852. The van der Waals surface area contributed by atoms with Crippen molar-refractivity contribution in [2.24, 2.45) is 0 Å². The number of carbonyl (C=O) groups excluding carboxylic acids is 1. The number of nitriles is 1. The highest BCUT2D eigenvalue weighted by atomic mass is 35.5. The van der Waals surface area contributed by atoms with Gasteiger partial charge in [0.05, 0.1) is 19.5 Å². The van der Waals surface area contributed by atoms with E-state index in [1.165, 1.54) is 0 Å². The smallest absolute Gasteiger partial charge is 0.279 e. The summed E-state index contributed by atoms with van der Waals surface area (Å²) in [5, 5.41) is 12.2. The minimum atomic E-state index is -0.0375. The Morgan fingerprint density at radius 2 is 1.74 bits per heavy atom. The molecule has 0 aromatic heterocycles. The first kappa shape index (κ1) is 17.0. The number of likely N-dealkylation sites (N-methyl/N-ethyl adjacent to an activating group) is 1. The molecule has 0 heterocycles. The van der Waals surface area contributed by atoms with E-state index >= 15 is 0 Å². The highest BCUT2D eigenvalue weighted by Crippen LogP contribution is 2.10. The Labute approximate surface area is 141 Å². The fraction of sp³-hybridized carbons (Fsp3) is 0.222. The zero-order valence-corrected chi connectivity index (χ0v) is 13.7. The van der Waals surface area contributed by atoms with Crippen LogP contribution in [0, 0.1) is 11.3 Å². The average molecular weight is 329 g/mol. The van der Waals surface area contributed by atoms with Crippen LogP contribution in [0.2, 0.25) is 5.02 Å². The first-order valence-corrected chi connectivity index (χ1v) is 7.76. The van der Waals surface area contributed by atoms with Crippen molar-refractivity contribution in [2.75, 3.05) is 18.9 Å². The van der Waals surface area contributed by atoms with Gasteiger partial charge < -0.3 is 10.2 Å². The van der Waals surface area contributed by atoms with Gasteiger partial charge in [-0.05, 0) is 29.8 Å². The van der Waals surface area contributed by atoms with Crippen LogP contribution in [-0.4, -0.2) is 19.5 Å². The van der Waals surface area contributed by atoms with Crippen molar-refractivity contribution in [3.63, 3.8) is 0 Å². The van der Waals surface area contributed by atoms with Gasteiger partial charge in [0.2, 0.25) is 0 Å². The van der Waals surface area contributed by atoms with Crippen LogP contribution in [0.5, 0.6) is 0 Å². The molecule has 0 aliphatic heterocycles. The van der Waals surface area contributed by atoms with Crippen molar-refractivity contribution in [1.29, 1.82) is 5.26 Å². The number of anilines is 1. The molecule has 0 aliphatic carbocycles. The highest BCUT2D eigenvalue weighted by molar-refractivity contribution is 6.30. The lowest BCUT2D eigenvalue weighted by atomic mass is 10.1. The van der Waals surface area contributed by atoms with Crippen molar-refractivity contribution < 1.29 is 9.69 Å². The van der Waals surface area contributed by atoms with E-state index < -0.39 is 0 Å². The van der Waals surface area contributed by atoms with Gasteiger partial charge in [0.25, 0.3) is 5.91 Å². The third-order valence-electron chi connectivity index (χ3n) is 3.40. The Bertz CT molecular complexity index is 690. The number of halogens is 1. The molecule has 1 atom stereocenters. The minimum absolute atomic E-state index is 0.0375. The van der Waals surface area contributed by atoms with Gasteiger partial charge in [0, 0.05) is 16.3 Å². The number of nitrogens with one attached hydrogen (secondary N) is 2. The maximum Gasteiger partial charge on any atom is 0.279 e. The Hall–Kier alpha value is -2.35. The summed E-state index contributed by atoms with van der Waals surface area (Å²) >= 11 is 5.86. The molecule has 118 valence electrons. The molecule has 0 radical (unpaired) electrons. The van der Waals surface area contributed by atoms with Gasteiger partial charge in [-0.15, -0.1) is 0 Å². The molecule has 23 heavy (non-hydrogen) atoms. The Morgan fingerprint density at radius 3 is 2.35 bits per heavy atom. The van der Waals surface area contributed by atoms with E-state index in [0.717, 1.165) is 28.3 Å². The molecule has 1 amide bonds. The summed E-state index contributed by atoms with van der Waals surface area (Å²) in [5.41, 5.74) is 2.83. The van der Waals surface area contributed by atoms with Gasteiger partial charge in [0.1, 0.15) is 6.54 Å². The zero-order valence-electron chi connectivity index (χ0n) is 13.0. The monoisotopic (exact) mass is 328 g/mol. The molecule has 2 aromatic carbocycles. The molecule has 4 nitrogen and oxygen atoms in total. The van der Waals surface area contributed by atoms with Crippen LogP contribution in [0.15, 0.2) is 48.5 Å². The molecule has 0 bridgehead atoms. The lowest BCUT2D eigenvalue weighted by molar-refractivity contribution is -0.885. The number of benzene rings is 2. The van der Waals surface area contributed by atoms with Gasteiger partial charge in [-0.2, -0.15) is 5.26 Å². The summed E-state index contributed by atoms with van der Waals surface area (Å²) < 4.78 is 0. The maximum absolute atomic E-state index is 12.1. The molecule has 0 saturated heterocycles. The second-order valence-corrected chi connectivity index (χ2v) is 5.95. The van der Waals surface area contributed by atoms with Gasteiger partial charge in [-0.25, -0.2) is 0 Å². The zero-order chi connectivity index (χ0) is 16.7. The van der Waals surface area contributed by atoms with Crippen molar-refractivity contribution in [2.45, 2.75) is 13.0 Å². The molecule has 2 rings (SSSR count). The minimum Gasteiger partial charge on any atom is -0.326 e. The lowest BCUT2D eigenvalue weighted by Crippen LogP contribution is -3.08. The third-order valence-corrected chi connectivity index (χ3v) is 3.65. The van der Waals surface area contributed by atoms with Crippen molar-refractivity contribution in [3.05, 3.63) is 64.7 Å². The molecule has 5 heteroatoms. The largest absolute Gasteiger partial charge is 0.326 e. The second-order valence-electron chi connectivity index (χ2n) is 5.52. The number of carbonyl (C=O) groups is 1. The van der Waals surface area contributed by atoms with Crippen molar-refractivity contribution in [3.8, 4) is 6.07 Å². The molecule has 0 spiro atoms. The average Bonchev–Trinajstić information content (AvgIpc) is 2.51. The first-order chi connectivity index (χ1) is 11.1. The van der Waals surface area contributed by atoms with E-state index in [0.29, 0.717) is 18.0 Å². The molecule has 2 N–H and O–H groups in total. The molecule has 0 aliphatic rings. The molecule has 0 fully saturated rings. The van der Waals surface area contributed by atoms with Crippen LogP contribution in [0.4, 0.5) is 5.69 Å². The summed E-state index contributed by atoms with van der Waals surface area (Å²) in [4.78, 5) is 13.2. The lowest BCUT2D eigenvalue weighted by Gasteiger charge is -2.14. The van der Waals surface area contributed by atoms with E-state index in [4.69, 9.17) is 16.9 Å². The summed E-state index contributed by atoms with van der Waals surface area (Å²) in [6, 6.07) is 17.1. The molecule has 2 aromatic rings. The third kappa shape index (κ3) is 5.74. The summed E-state index contributed by atoms with van der Waals surface area (Å²) in [6.45, 7) is 1.13. The highest BCUT2D eigenvalue weighted by Gasteiger charge is 2.11. The predicted molar refractivity (Wildman–Crippen MR) is 91.3 cm³/mol. The van der Waals surface area contributed by atoms with Crippen molar-refractivity contribution in [1.82, 2.24) is 0 Å². The van der Waals surface area contributed by atoms with E-state index in [1.807, 2.05) is 55.6 Å². The first-order valence-electron chi connectivity index (χ1n) is 7.38. The van der Waals surface area contributed by atoms with Crippen molar-refractivity contribution >= 4 is 23.2 Å². The SMILES string of the molecule is C[NH+](CC(=O)Nc1ccc(CC#N)cc1)Cc1ccc(Cl)cc1. The van der Waals surface area contributed by atoms with E-state index in [1.54, 1.807) is 0 Å². The molecular formula is C18H19ClN3O+. The van der Waals surface area contributed by atoms with Crippen LogP contribution in [0.1, 0.15) is 11.1 Å². The number of rotatable bonds is 6. The van der Waals surface area contributed by atoms with E-state index in [-0.39, 0.29) is 5.91 Å². The second kappa shape index (κ2) is 8.33.